The summed E-state index contributed by atoms with van der Waals surface area (Å²) in [5.41, 5.74) is 0.546. The van der Waals surface area contributed by atoms with Crippen LogP contribution in [0.4, 0.5) is 0 Å². The van der Waals surface area contributed by atoms with Gasteiger partial charge in [-0.05, 0) is 50.0 Å². The molecule has 2 unspecified atom stereocenters. The van der Waals surface area contributed by atoms with Gasteiger partial charge in [0.05, 0.1) is 0 Å². The fourth-order valence-electron chi connectivity index (χ4n) is 4.19. The van der Waals surface area contributed by atoms with Gasteiger partial charge < -0.3 is 5.32 Å². The molecule has 2 fully saturated rings. The molecule has 0 aromatic carbocycles. The van der Waals surface area contributed by atoms with Crippen LogP contribution in [0.2, 0.25) is 0 Å². The number of hydrogen-bond donors (Lipinski definition) is 1. The predicted molar refractivity (Wildman–Crippen MR) is 83.4 cm³/mol. The summed E-state index contributed by atoms with van der Waals surface area (Å²) in [7, 11) is 2.13. The van der Waals surface area contributed by atoms with Crippen molar-refractivity contribution in [3.05, 3.63) is 0 Å². The molecule has 2 aliphatic rings. The third-order valence-electron chi connectivity index (χ3n) is 4.94. The summed E-state index contributed by atoms with van der Waals surface area (Å²) in [5.74, 6) is 1.72. The van der Waals surface area contributed by atoms with Crippen LogP contribution < -0.4 is 5.32 Å². The lowest BCUT2D eigenvalue weighted by molar-refractivity contribution is 0.0716. The van der Waals surface area contributed by atoms with Crippen LogP contribution >= 0.6 is 0 Å². The molecule has 19 heavy (non-hydrogen) atoms. The van der Waals surface area contributed by atoms with Crippen LogP contribution in [0.15, 0.2) is 0 Å². The molecule has 0 heterocycles. The average molecular weight is 266 g/mol. The number of hydrogen-bond acceptors (Lipinski definition) is 2. The van der Waals surface area contributed by atoms with E-state index in [9.17, 15) is 0 Å². The van der Waals surface area contributed by atoms with Gasteiger partial charge in [-0.3, -0.25) is 4.90 Å². The molecule has 0 amide bonds. The normalized spacial score (nSPS) is 32.2. The minimum Gasteiger partial charge on any atom is -0.319 e. The second-order valence-corrected chi connectivity index (χ2v) is 7.79. The maximum absolute atomic E-state index is 3.49. The van der Waals surface area contributed by atoms with Crippen molar-refractivity contribution in [2.45, 2.75) is 65.3 Å². The van der Waals surface area contributed by atoms with Crippen molar-refractivity contribution >= 4 is 0 Å². The van der Waals surface area contributed by atoms with E-state index in [4.69, 9.17) is 0 Å². The minimum atomic E-state index is 0.546. The second-order valence-electron chi connectivity index (χ2n) is 7.79. The molecule has 2 atom stereocenters. The van der Waals surface area contributed by atoms with Gasteiger partial charge in [-0.1, -0.05) is 33.6 Å². The molecule has 0 bridgehead atoms. The maximum Gasteiger partial charge on any atom is 0.00967 e. The van der Waals surface area contributed by atoms with Crippen molar-refractivity contribution in [3.63, 3.8) is 0 Å². The van der Waals surface area contributed by atoms with E-state index in [1.54, 1.807) is 0 Å². The summed E-state index contributed by atoms with van der Waals surface area (Å²) in [4.78, 5) is 2.82. The third-order valence-corrected chi connectivity index (χ3v) is 4.94. The van der Waals surface area contributed by atoms with Gasteiger partial charge in [0.2, 0.25) is 0 Å². The van der Waals surface area contributed by atoms with E-state index < -0.39 is 0 Å². The third kappa shape index (κ3) is 4.46. The Morgan fingerprint density at radius 3 is 2.53 bits per heavy atom. The quantitative estimate of drug-likeness (QED) is 0.758. The predicted octanol–water partition coefficient (Wildman–Crippen LogP) is 3.52. The molecular weight excluding hydrogens is 232 g/mol. The van der Waals surface area contributed by atoms with E-state index in [-0.39, 0.29) is 0 Å². The molecule has 0 saturated heterocycles. The van der Waals surface area contributed by atoms with Gasteiger partial charge in [0.25, 0.3) is 0 Å². The lowest BCUT2D eigenvalue weighted by atomic mass is 9.69. The first-order valence-electron chi connectivity index (χ1n) is 8.43. The molecule has 1 N–H and O–H groups in total. The molecule has 0 spiro atoms. The van der Waals surface area contributed by atoms with Gasteiger partial charge in [0.15, 0.2) is 0 Å². The Hall–Kier alpha value is -0.0800. The van der Waals surface area contributed by atoms with Crippen molar-refractivity contribution in [2.75, 3.05) is 26.7 Å². The minimum absolute atomic E-state index is 0.546. The van der Waals surface area contributed by atoms with Crippen molar-refractivity contribution in [3.8, 4) is 0 Å². The van der Waals surface area contributed by atoms with Gasteiger partial charge >= 0.3 is 0 Å². The van der Waals surface area contributed by atoms with Crippen LogP contribution in [-0.4, -0.2) is 37.6 Å². The van der Waals surface area contributed by atoms with Crippen molar-refractivity contribution in [1.29, 1.82) is 0 Å². The summed E-state index contributed by atoms with van der Waals surface area (Å²) in [5, 5.41) is 3.49. The van der Waals surface area contributed by atoms with E-state index in [0.29, 0.717) is 5.41 Å². The van der Waals surface area contributed by atoms with Crippen LogP contribution in [-0.2, 0) is 0 Å². The first kappa shape index (κ1) is 15.3. The van der Waals surface area contributed by atoms with Gasteiger partial charge in [0, 0.05) is 25.7 Å². The first-order chi connectivity index (χ1) is 9.04. The lowest BCUT2D eigenvalue weighted by Crippen LogP contribution is -2.47. The summed E-state index contributed by atoms with van der Waals surface area (Å²) < 4.78 is 0. The van der Waals surface area contributed by atoms with Crippen LogP contribution in [0.3, 0.4) is 0 Å². The smallest absolute Gasteiger partial charge is 0.00967 e. The Morgan fingerprint density at radius 2 is 2.00 bits per heavy atom. The zero-order chi connectivity index (χ0) is 13.9. The van der Waals surface area contributed by atoms with Crippen LogP contribution in [0, 0.1) is 17.3 Å². The molecule has 0 aromatic heterocycles. The van der Waals surface area contributed by atoms with Crippen molar-refractivity contribution < 1.29 is 0 Å². The molecule has 2 nitrogen and oxygen atoms in total. The van der Waals surface area contributed by atoms with E-state index in [1.165, 1.54) is 58.2 Å². The van der Waals surface area contributed by atoms with Crippen LogP contribution in [0.5, 0.6) is 0 Å². The van der Waals surface area contributed by atoms with E-state index in [1.807, 2.05) is 0 Å². The highest BCUT2D eigenvalue weighted by atomic mass is 15.2. The largest absolute Gasteiger partial charge is 0.319 e. The fourth-order valence-corrected chi connectivity index (χ4v) is 4.19. The van der Waals surface area contributed by atoms with E-state index in [2.05, 4.69) is 38.0 Å². The maximum atomic E-state index is 3.49. The Balaban J connectivity index is 2.00. The second kappa shape index (κ2) is 6.58. The Bertz CT molecular complexity index is 268. The molecule has 2 rings (SSSR count). The summed E-state index contributed by atoms with van der Waals surface area (Å²) >= 11 is 0. The zero-order valence-electron chi connectivity index (χ0n) is 13.5. The summed E-state index contributed by atoms with van der Waals surface area (Å²) in [6, 6.07) is 0.911. The van der Waals surface area contributed by atoms with E-state index in [0.717, 1.165) is 17.9 Å². The number of nitrogens with zero attached hydrogens (tertiary/aromatic N) is 1. The molecule has 2 heteroatoms. The molecular formula is C17H34N2. The highest BCUT2D eigenvalue weighted by Gasteiger charge is 2.39. The van der Waals surface area contributed by atoms with Gasteiger partial charge in [-0.25, -0.2) is 0 Å². The standard InChI is InChI=1S/C17H34N2/c1-14(2)11-19(16-7-8-16)13-17(12-18-4)9-5-6-15(3)10-17/h14-16,18H,5-13H2,1-4H3. The fraction of sp³-hybridized carbons (Fsp3) is 1.00. The van der Waals surface area contributed by atoms with Gasteiger partial charge in [-0.15, -0.1) is 0 Å². The number of nitrogens with one attached hydrogen (secondary N) is 1. The van der Waals surface area contributed by atoms with Crippen LogP contribution in [0.1, 0.15) is 59.3 Å². The summed E-state index contributed by atoms with van der Waals surface area (Å²) in [6.45, 7) is 11.0. The lowest BCUT2D eigenvalue weighted by Gasteiger charge is -2.44. The zero-order valence-corrected chi connectivity index (χ0v) is 13.5. The number of rotatable bonds is 7. The van der Waals surface area contributed by atoms with Crippen LogP contribution in [0.25, 0.3) is 0 Å². The highest BCUT2D eigenvalue weighted by molar-refractivity contribution is 4.94. The van der Waals surface area contributed by atoms with Crippen molar-refractivity contribution in [2.24, 2.45) is 17.3 Å². The Morgan fingerprint density at radius 1 is 1.26 bits per heavy atom. The SMILES string of the molecule is CNCC1(CN(CC(C)C)C2CC2)CCCC(C)C1. The first-order valence-corrected chi connectivity index (χ1v) is 8.43. The van der Waals surface area contributed by atoms with Gasteiger partial charge in [0.1, 0.15) is 0 Å². The van der Waals surface area contributed by atoms with Crippen molar-refractivity contribution in [1.82, 2.24) is 10.2 Å². The topological polar surface area (TPSA) is 15.3 Å². The highest BCUT2D eigenvalue weighted by Crippen LogP contribution is 2.41. The Labute approximate surface area is 120 Å². The molecule has 112 valence electrons. The van der Waals surface area contributed by atoms with E-state index >= 15 is 0 Å². The summed E-state index contributed by atoms with van der Waals surface area (Å²) in [6.07, 6.45) is 8.62. The molecule has 2 saturated carbocycles. The molecule has 2 aliphatic carbocycles. The molecule has 0 aliphatic heterocycles. The molecule has 0 aromatic rings. The molecule has 0 radical (unpaired) electrons. The monoisotopic (exact) mass is 266 g/mol. The average Bonchev–Trinajstić information content (AvgIpc) is 3.11. The Kier molecular flexibility index (Phi) is 5.30. The van der Waals surface area contributed by atoms with Gasteiger partial charge in [-0.2, -0.15) is 0 Å².